The van der Waals surface area contributed by atoms with Gasteiger partial charge in [0.1, 0.15) is 23.3 Å². The Balaban J connectivity index is 1.61. The summed E-state index contributed by atoms with van der Waals surface area (Å²) in [5.74, 6) is 8.27. The number of nitrogens with one attached hydrogen (secondary N) is 2. The minimum absolute atomic E-state index is 0.0846. The molecule has 0 radical (unpaired) electrons. The van der Waals surface area contributed by atoms with E-state index in [4.69, 9.17) is 24.9 Å². The van der Waals surface area contributed by atoms with Crippen molar-refractivity contribution in [3.05, 3.63) is 35.7 Å². The van der Waals surface area contributed by atoms with Gasteiger partial charge >= 0.3 is 0 Å². The smallest absolute Gasteiger partial charge is 0.130 e. The van der Waals surface area contributed by atoms with Crippen molar-refractivity contribution >= 4 is 28.6 Å². The molecule has 33 heavy (non-hydrogen) atoms. The van der Waals surface area contributed by atoms with Crippen LogP contribution in [0.15, 0.2) is 24.4 Å². The first-order chi connectivity index (χ1) is 16.2. The van der Waals surface area contributed by atoms with Gasteiger partial charge in [-0.1, -0.05) is 11.8 Å². The molecule has 2 aromatic rings. The minimum Gasteiger partial charge on any atom is -0.377 e. The number of hydrogen-bond acceptors (Lipinski definition) is 7. The van der Waals surface area contributed by atoms with Crippen LogP contribution in [-0.2, 0) is 9.47 Å². The number of fused-ring (bicyclic) bond motifs is 1. The van der Waals surface area contributed by atoms with Gasteiger partial charge in [0.2, 0.25) is 0 Å². The summed E-state index contributed by atoms with van der Waals surface area (Å²) in [6.07, 6.45) is 10.3. The Kier molecular flexibility index (Phi) is 6.56. The number of pyridine rings is 2. The summed E-state index contributed by atoms with van der Waals surface area (Å²) in [7, 11) is 0. The van der Waals surface area contributed by atoms with Crippen LogP contribution in [0, 0.1) is 23.2 Å². The van der Waals surface area contributed by atoms with Crippen LogP contribution in [0.1, 0.15) is 50.3 Å². The molecule has 2 atom stereocenters. The van der Waals surface area contributed by atoms with E-state index in [1.807, 2.05) is 6.07 Å². The van der Waals surface area contributed by atoms with Crippen molar-refractivity contribution in [2.45, 2.75) is 51.3 Å². The van der Waals surface area contributed by atoms with E-state index in [2.05, 4.69) is 35.0 Å². The van der Waals surface area contributed by atoms with Gasteiger partial charge in [0.05, 0.1) is 25.0 Å². The molecule has 2 aliphatic heterocycles. The second-order valence-corrected chi connectivity index (χ2v) is 8.99. The molecule has 0 amide bonds. The third-order valence-corrected chi connectivity index (χ3v) is 6.37. The fourth-order valence-electron chi connectivity index (χ4n) is 4.37. The van der Waals surface area contributed by atoms with Crippen LogP contribution in [-0.4, -0.2) is 54.8 Å². The molecular formula is C26H31N5O2. The standard InChI is InChI=1S/C26H31N5O2/c1-18-17-32-15-13-31(18)23-16-20(8-7-19-5-6-19)21-10-12-28-26(25(21)30-23)22(9-11-27)29-24-4-2-3-14-33-24/h9-12,16,18-19,24,27,29H,2-6,13-15,17H2,1H3/b22-9-,27-11?. The van der Waals surface area contributed by atoms with E-state index in [9.17, 15) is 0 Å². The Morgan fingerprint density at radius 2 is 2.18 bits per heavy atom. The summed E-state index contributed by atoms with van der Waals surface area (Å²) >= 11 is 0. The van der Waals surface area contributed by atoms with Gasteiger partial charge in [-0.15, -0.1) is 0 Å². The van der Waals surface area contributed by atoms with Gasteiger partial charge in [0, 0.05) is 42.4 Å². The normalized spacial score (nSPS) is 23.7. The average Bonchev–Trinajstić information content (AvgIpc) is 3.67. The van der Waals surface area contributed by atoms with E-state index >= 15 is 0 Å². The van der Waals surface area contributed by atoms with Crippen molar-refractivity contribution in [1.29, 1.82) is 5.41 Å². The largest absolute Gasteiger partial charge is 0.377 e. The number of morpholine rings is 1. The first-order valence-corrected chi connectivity index (χ1v) is 12.0. The number of hydrogen-bond donors (Lipinski definition) is 2. The molecular weight excluding hydrogens is 414 g/mol. The number of allylic oxidation sites excluding steroid dienone is 1. The molecule has 2 saturated heterocycles. The molecule has 0 aromatic carbocycles. The predicted octanol–water partition coefficient (Wildman–Crippen LogP) is 3.72. The Morgan fingerprint density at radius 1 is 1.27 bits per heavy atom. The highest BCUT2D eigenvalue weighted by molar-refractivity contribution is 5.96. The van der Waals surface area contributed by atoms with E-state index < -0.39 is 0 Å². The molecule has 7 nitrogen and oxygen atoms in total. The molecule has 3 aliphatic rings. The second-order valence-electron chi connectivity index (χ2n) is 8.99. The molecule has 7 heteroatoms. The number of ether oxygens (including phenoxy) is 2. The highest BCUT2D eigenvalue weighted by atomic mass is 16.5. The molecule has 2 unspecified atom stereocenters. The first-order valence-electron chi connectivity index (χ1n) is 12.0. The zero-order chi connectivity index (χ0) is 22.6. The van der Waals surface area contributed by atoms with Crippen LogP contribution in [0.25, 0.3) is 16.6 Å². The average molecular weight is 446 g/mol. The van der Waals surface area contributed by atoms with Crippen molar-refractivity contribution in [3.63, 3.8) is 0 Å². The zero-order valence-corrected chi connectivity index (χ0v) is 19.1. The molecule has 0 bridgehead atoms. The summed E-state index contributed by atoms with van der Waals surface area (Å²) in [4.78, 5) is 12.1. The lowest BCUT2D eigenvalue weighted by molar-refractivity contribution is 0.00530. The summed E-state index contributed by atoms with van der Waals surface area (Å²) < 4.78 is 11.5. The van der Waals surface area contributed by atoms with Crippen LogP contribution in [0.3, 0.4) is 0 Å². The quantitative estimate of drug-likeness (QED) is 0.539. The SMILES string of the molecule is CC1COCCN1c1cc(C#CC2CC2)c2ccnc(/C(=C/C=N)NC3CCCCO3)c2n1. The Hall–Kier alpha value is -2.95. The molecule has 2 aromatic heterocycles. The van der Waals surface area contributed by atoms with Crippen LogP contribution in [0.2, 0.25) is 0 Å². The molecule has 172 valence electrons. The lowest BCUT2D eigenvalue weighted by atomic mass is 10.1. The third-order valence-electron chi connectivity index (χ3n) is 6.37. The fraction of sp³-hybridized carbons (Fsp3) is 0.500. The molecule has 1 saturated carbocycles. The topological polar surface area (TPSA) is 83.4 Å². The lowest BCUT2D eigenvalue weighted by Gasteiger charge is -2.34. The summed E-state index contributed by atoms with van der Waals surface area (Å²) in [5, 5.41) is 12.2. The maximum atomic E-state index is 7.72. The van der Waals surface area contributed by atoms with E-state index in [1.165, 1.54) is 19.1 Å². The number of rotatable bonds is 5. The number of aromatic nitrogens is 2. The summed E-state index contributed by atoms with van der Waals surface area (Å²) in [6.45, 7) is 5.07. The van der Waals surface area contributed by atoms with Gasteiger partial charge in [-0.05, 0) is 57.2 Å². The van der Waals surface area contributed by atoms with Gasteiger partial charge in [0.25, 0.3) is 0 Å². The predicted molar refractivity (Wildman–Crippen MR) is 130 cm³/mol. The van der Waals surface area contributed by atoms with Crippen LogP contribution >= 0.6 is 0 Å². The Labute approximate surface area is 195 Å². The summed E-state index contributed by atoms with van der Waals surface area (Å²) in [5.41, 5.74) is 3.25. The summed E-state index contributed by atoms with van der Waals surface area (Å²) in [6, 6.07) is 4.34. The van der Waals surface area contributed by atoms with E-state index in [-0.39, 0.29) is 12.3 Å². The third kappa shape index (κ3) is 5.02. The monoisotopic (exact) mass is 445 g/mol. The maximum absolute atomic E-state index is 7.72. The van der Waals surface area contributed by atoms with Crippen LogP contribution in [0.5, 0.6) is 0 Å². The van der Waals surface area contributed by atoms with Crippen molar-refractivity contribution in [2.75, 3.05) is 31.3 Å². The zero-order valence-electron chi connectivity index (χ0n) is 19.1. The highest BCUT2D eigenvalue weighted by Crippen LogP contribution is 2.31. The fourth-order valence-corrected chi connectivity index (χ4v) is 4.37. The van der Waals surface area contributed by atoms with Crippen LogP contribution < -0.4 is 10.2 Å². The molecule has 1 aliphatic carbocycles. The first kappa shape index (κ1) is 21.9. The van der Waals surface area contributed by atoms with E-state index in [0.717, 1.165) is 66.1 Å². The second kappa shape index (κ2) is 9.90. The molecule has 3 fully saturated rings. The Morgan fingerprint density at radius 3 is 2.94 bits per heavy atom. The maximum Gasteiger partial charge on any atom is 0.130 e. The lowest BCUT2D eigenvalue weighted by Crippen LogP contribution is -2.44. The number of anilines is 1. The minimum atomic E-state index is -0.0846. The van der Waals surface area contributed by atoms with Crippen molar-refractivity contribution < 1.29 is 9.47 Å². The van der Waals surface area contributed by atoms with Crippen molar-refractivity contribution in [2.24, 2.45) is 5.92 Å². The molecule has 0 spiro atoms. The van der Waals surface area contributed by atoms with E-state index in [1.54, 1.807) is 12.3 Å². The van der Waals surface area contributed by atoms with Gasteiger partial charge in [-0.2, -0.15) is 0 Å². The van der Waals surface area contributed by atoms with Crippen molar-refractivity contribution in [3.8, 4) is 11.8 Å². The van der Waals surface area contributed by atoms with E-state index in [0.29, 0.717) is 19.1 Å². The molecule has 5 rings (SSSR count). The molecule has 4 heterocycles. The van der Waals surface area contributed by atoms with Gasteiger partial charge in [-0.25, -0.2) is 4.98 Å². The highest BCUT2D eigenvalue weighted by Gasteiger charge is 2.24. The Bertz CT molecular complexity index is 1110. The molecule has 2 N–H and O–H groups in total. The van der Waals surface area contributed by atoms with Crippen molar-refractivity contribution in [1.82, 2.24) is 15.3 Å². The van der Waals surface area contributed by atoms with Gasteiger partial charge < -0.3 is 25.1 Å². The van der Waals surface area contributed by atoms with Crippen LogP contribution in [0.4, 0.5) is 5.82 Å². The number of nitrogens with zero attached hydrogens (tertiary/aromatic N) is 3. The van der Waals surface area contributed by atoms with Gasteiger partial charge in [0.15, 0.2) is 0 Å². The van der Waals surface area contributed by atoms with Gasteiger partial charge in [-0.3, -0.25) is 4.98 Å².